The Kier molecular flexibility index (Phi) is 6.35. The third kappa shape index (κ3) is 8.17. The Bertz CT molecular complexity index is 641. The molecule has 1 rings (SSSR count). The number of rotatable bonds is 3. The fourth-order valence-corrected chi connectivity index (χ4v) is 1.55. The first-order valence-corrected chi connectivity index (χ1v) is 7.07. The van der Waals surface area contributed by atoms with Gasteiger partial charge in [0.2, 0.25) is 0 Å². The number of ether oxygens (including phenoxy) is 2. The molecule has 1 amide bonds. The molecular formula is C16H19F3N2O3. The first kappa shape index (κ1) is 19.5. The van der Waals surface area contributed by atoms with E-state index in [1.54, 1.807) is 20.8 Å². The molecule has 0 saturated carbocycles. The second kappa shape index (κ2) is 7.81. The highest BCUT2D eigenvalue weighted by atomic mass is 19.4. The number of anilines is 1. The fourth-order valence-electron chi connectivity index (χ4n) is 1.55. The van der Waals surface area contributed by atoms with E-state index in [0.717, 1.165) is 12.1 Å². The second-order valence-corrected chi connectivity index (χ2v) is 5.78. The lowest BCUT2D eigenvalue weighted by Gasteiger charge is -2.19. The van der Waals surface area contributed by atoms with Crippen LogP contribution in [-0.4, -0.2) is 24.6 Å². The zero-order chi connectivity index (χ0) is 18.4. The van der Waals surface area contributed by atoms with Crippen molar-refractivity contribution in [3.8, 4) is 17.6 Å². The summed E-state index contributed by atoms with van der Waals surface area (Å²) in [6.07, 6.45) is -4.98. The lowest BCUT2D eigenvalue weighted by molar-refractivity contribution is -0.274. The lowest BCUT2D eigenvalue weighted by Crippen LogP contribution is -2.32. The van der Waals surface area contributed by atoms with Gasteiger partial charge >= 0.3 is 12.5 Å². The number of alkyl carbamates (subject to hydrolysis) is 1. The van der Waals surface area contributed by atoms with Crippen LogP contribution in [0.3, 0.4) is 0 Å². The maximum atomic E-state index is 12.1. The molecule has 0 saturated heterocycles. The van der Waals surface area contributed by atoms with Crippen molar-refractivity contribution in [2.45, 2.75) is 39.2 Å². The van der Waals surface area contributed by atoms with E-state index in [9.17, 15) is 18.0 Å². The van der Waals surface area contributed by atoms with Gasteiger partial charge in [0.25, 0.3) is 0 Å². The Morgan fingerprint density at radius 3 is 2.50 bits per heavy atom. The molecule has 0 heterocycles. The van der Waals surface area contributed by atoms with Crippen molar-refractivity contribution in [2.24, 2.45) is 0 Å². The van der Waals surface area contributed by atoms with Crippen molar-refractivity contribution >= 4 is 11.8 Å². The third-order valence-corrected chi connectivity index (χ3v) is 2.40. The van der Waals surface area contributed by atoms with Gasteiger partial charge in [0.05, 0.1) is 5.69 Å². The maximum absolute atomic E-state index is 12.1. The molecule has 0 aliphatic heterocycles. The number of amides is 1. The topological polar surface area (TPSA) is 73.6 Å². The van der Waals surface area contributed by atoms with Gasteiger partial charge in [-0.3, -0.25) is 0 Å². The Morgan fingerprint density at radius 1 is 1.29 bits per heavy atom. The van der Waals surface area contributed by atoms with Crippen molar-refractivity contribution in [3.05, 3.63) is 23.8 Å². The summed E-state index contributed by atoms with van der Waals surface area (Å²) in [7, 11) is 0. The average molecular weight is 344 g/mol. The number of nitrogen functional groups attached to an aromatic ring is 1. The van der Waals surface area contributed by atoms with Gasteiger partial charge in [-0.2, -0.15) is 0 Å². The summed E-state index contributed by atoms with van der Waals surface area (Å²) >= 11 is 0. The van der Waals surface area contributed by atoms with Crippen LogP contribution in [0.25, 0.3) is 0 Å². The highest BCUT2D eigenvalue weighted by Crippen LogP contribution is 2.25. The Labute approximate surface area is 138 Å². The predicted octanol–water partition coefficient (Wildman–Crippen LogP) is 3.43. The molecule has 0 radical (unpaired) electrons. The van der Waals surface area contributed by atoms with Gasteiger partial charge in [0, 0.05) is 24.6 Å². The van der Waals surface area contributed by atoms with Crippen molar-refractivity contribution < 1.29 is 27.4 Å². The summed E-state index contributed by atoms with van der Waals surface area (Å²) in [4.78, 5) is 11.4. The first-order chi connectivity index (χ1) is 11.0. The van der Waals surface area contributed by atoms with Gasteiger partial charge in [-0.1, -0.05) is 11.8 Å². The van der Waals surface area contributed by atoms with E-state index in [1.807, 2.05) is 0 Å². The van der Waals surface area contributed by atoms with Crippen LogP contribution in [0.1, 0.15) is 32.8 Å². The van der Waals surface area contributed by atoms with E-state index < -0.39 is 23.8 Å². The molecule has 5 nitrogen and oxygen atoms in total. The molecule has 24 heavy (non-hydrogen) atoms. The van der Waals surface area contributed by atoms with Crippen LogP contribution in [0, 0.1) is 11.8 Å². The quantitative estimate of drug-likeness (QED) is 0.500. The predicted molar refractivity (Wildman–Crippen MR) is 83.3 cm³/mol. The van der Waals surface area contributed by atoms with E-state index in [-0.39, 0.29) is 12.2 Å². The second-order valence-electron chi connectivity index (χ2n) is 5.78. The lowest BCUT2D eigenvalue weighted by atomic mass is 10.1. The van der Waals surface area contributed by atoms with Crippen molar-refractivity contribution in [1.29, 1.82) is 0 Å². The van der Waals surface area contributed by atoms with Crippen LogP contribution < -0.4 is 15.8 Å². The van der Waals surface area contributed by atoms with E-state index in [1.165, 1.54) is 6.07 Å². The van der Waals surface area contributed by atoms with Gasteiger partial charge < -0.3 is 20.5 Å². The molecule has 0 aromatic heterocycles. The summed E-state index contributed by atoms with van der Waals surface area (Å²) < 4.78 is 45.1. The van der Waals surface area contributed by atoms with Crippen LogP contribution >= 0.6 is 0 Å². The number of nitrogens with two attached hydrogens (primary N) is 1. The van der Waals surface area contributed by atoms with E-state index in [2.05, 4.69) is 21.9 Å². The molecule has 0 aliphatic rings. The monoisotopic (exact) mass is 344 g/mol. The summed E-state index contributed by atoms with van der Waals surface area (Å²) in [5, 5.41) is 2.54. The zero-order valence-electron chi connectivity index (χ0n) is 13.6. The largest absolute Gasteiger partial charge is 0.573 e. The molecule has 1 aromatic carbocycles. The van der Waals surface area contributed by atoms with Gasteiger partial charge in [-0.05, 0) is 32.9 Å². The fraction of sp³-hybridized carbons (Fsp3) is 0.438. The minimum absolute atomic E-state index is 0.0735. The molecule has 0 fully saturated rings. The molecule has 0 atom stereocenters. The number of alkyl halides is 3. The SMILES string of the molecule is CC(C)(C)OC(=O)NCCC#Cc1ccc(OC(F)(F)F)cc1N. The number of carbonyl (C=O) groups excluding carboxylic acids is 1. The Balaban J connectivity index is 2.51. The minimum Gasteiger partial charge on any atom is -0.444 e. The molecule has 0 aliphatic carbocycles. The third-order valence-electron chi connectivity index (χ3n) is 2.40. The molecule has 0 spiro atoms. The number of benzene rings is 1. The standard InChI is InChI=1S/C16H19F3N2O3/c1-15(2,3)24-14(22)21-9-5-4-6-11-7-8-12(10-13(11)20)23-16(17,18)19/h7-8,10H,5,9,20H2,1-3H3,(H,21,22). The number of hydrogen-bond donors (Lipinski definition) is 2. The smallest absolute Gasteiger partial charge is 0.444 e. The first-order valence-electron chi connectivity index (χ1n) is 7.07. The maximum Gasteiger partial charge on any atom is 0.573 e. The van der Waals surface area contributed by atoms with Gasteiger partial charge in [-0.15, -0.1) is 13.2 Å². The highest BCUT2D eigenvalue weighted by Gasteiger charge is 2.31. The van der Waals surface area contributed by atoms with Gasteiger partial charge in [-0.25, -0.2) is 4.79 Å². The summed E-state index contributed by atoms with van der Waals surface area (Å²) in [6.45, 7) is 5.53. The molecule has 3 N–H and O–H groups in total. The summed E-state index contributed by atoms with van der Waals surface area (Å²) in [5.74, 6) is 5.08. The van der Waals surface area contributed by atoms with E-state index in [4.69, 9.17) is 10.5 Å². The molecule has 0 bridgehead atoms. The molecular weight excluding hydrogens is 325 g/mol. The van der Waals surface area contributed by atoms with Crippen molar-refractivity contribution in [1.82, 2.24) is 5.32 Å². The molecule has 132 valence electrons. The average Bonchev–Trinajstić information content (AvgIpc) is 2.36. The summed E-state index contributed by atoms with van der Waals surface area (Å²) in [5.41, 5.74) is 5.50. The number of halogens is 3. The Hall–Kier alpha value is -2.56. The number of carbonyl (C=O) groups is 1. The highest BCUT2D eigenvalue weighted by molar-refractivity contribution is 5.67. The molecule has 1 aromatic rings. The number of hydrogen-bond acceptors (Lipinski definition) is 4. The van der Waals surface area contributed by atoms with Crippen molar-refractivity contribution in [2.75, 3.05) is 12.3 Å². The van der Waals surface area contributed by atoms with Gasteiger partial charge in [0.1, 0.15) is 11.4 Å². The molecule has 0 unspecified atom stereocenters. The van der Waals surface area contributed by atoms with E-state index >= 15 is 0 Å². The normalized spacial score (nSPS) is 11.2. The van der Waals surface area contributed by atoms with E-state index in [0.29, 0.717) is 12.0 Å². The van der Waals surface area contributed by atoms with Crippen LogP contribution in [0.4, 0.5) is 23.7 Å². The zero-order valence-corrected chi connectivity index (χ0v) is 13.6. The van der Waals surface area contributed by atoms with Gasteiger partial charge in [0.15, 0.2) is 0 Å². The summed E-state index contributed by atoms with van der Waals surface area (Å²) in [6, 6.07) is 3.52. The van der Waals surface area contributed by atoms with Crippen LogP contribution in [0.2, 0.25) is 0 Å². The number of nitrogens with one attached hydrogen (secondary N) is 1. The van der Waals surface area contributed by atoms with Crippen LogP contribution in [0.15, 0.2) is 18.2 Å². The van der Waals surface area contributed by atoms with Crippen LogP contribution in [0.5, 0.6) is 5.75 Å². The minimum atomic E-state index is -4.77. The van der Waals surface area contributed by atoms with Crippen LogP contribution in [-0.2, 0) is 4.74 Å². The Morgan fingerprint density at radius 2 is 1.96 bits per heavy atom. The van der Waals surface area contributed by atoms with Crippen molar-refractivity contribution in [3.63, 3.8) is 0 Å². The molecule has 8 heteroatoms.